The van der Waals surface area contributed by atoms with Crippen molar-refractivity contribution in [3.05, 3.63) is 86.6 Å². The fraction of sp³-hybridized carbons (Fsp3) is 0.100. The van der Waals surface area contributed by atoms with Crippen molar-refractivity contribution in [3.8, 4) is 5.75 Å². The predicted molar refractivity (Wildman–Crippen MR) is 98.5 cm³/mol. The van der Waals surface area contributed by atoms with Gasteiger partial charge in [0.2, 0.25) is 5.90 Å². The third-order valence-electron chi connectivity index (χ3n) is 4.24. The van der Waals surface area contributed by atoms with Crippen LogP contribution in [0.2, 0.25) is 0 Å². The van der Waals surface area contributed by atoms with E-state index in [1.54, 1.807) is 19.1 Å². The molecule has 2 aromatic rings. The number of cyclic esters (lactones) is 1. The summed E-state index contributed by atoms with van der Waals surface area (Å²) in [6.07, 6.45) is 3.56. The Kier molecular flexibility index (Phi) is 4.04. The number of hydrogen-bond donors (Lipinski definition) is 0. The first-order chi connectivity index (χ1) is 13.0. The van der Waals surface area contributed by atoms with Crippen molar-refractivity contribution < 1.29 is 19.2 Å². The van der Waals surface area contributed by atoms with Crippen LogP contribution >= 0.6 is 0 Å². The van der Waals surface area contributed by atoms with Crippen LogP contribution in [0.4, 0.5) is 5.69 Å². The van der Waals surface area contributed by atoms with Crippen molar-refractivity contribution in [3.63, 3.8) is 0 Å². The molecular formula is C20H14N2O5. The minimum atomic E-state index is -0.569. The lowest BCUT2D eigenvalue weighted by atomic mass is 10.1. The monoisotopic (exact) mass is 362 g/mol. The highest BCUT2D eigenvalue weighted by Crippen LogP contribution is 2.28. The van der Waals surface area contributed by atoms with Crippen LogP contribution in [0.15, 0.2) is 64.8 Å². The molecule has 2 aromatic carbocycles. The van der Waals surface area contributed by atoms with E-state index in [1.807, 2.05) is 30.3 Å². The summed E-state index contributed by atoms with van der Waals surface area (Å²) in [4.78, 5) is 26.9. The van der Waals surface area contributed by atoms with Gasteiger partial charge >= 0.3 is 5.97 Å². The summed E-state index contributed by atoms with van der Waals surface area (Å²) in [5.74, 6) is 0.349. The summed E-state index contributed by atoms with van der Waals surface area (Å²) >= 11 is 0. The third-order valence-corrected chi connectivity index (χ3v) is 4.24. The molecule has 0 fully saturated rings. The molecule has 7 heteroatoms. The fourth-order valence-electron chi connectivity index (χ4n) is 2.92. The number of benzene rings is 2. The van der Waals surface area contributed by atoms with Crippen LogP contribution < -0.4 is 4.74 Å². The third kappa shape index (κ3) is 3.22. The quantitative estimate of drug-likeness (QED) is 0.360. The van der Waals surface area contributed by atoms with Gasteiger partial charge in [0.1, 0.15) is 12.4 Å². The van der Waals surface area contributed by atoms with Gasteiger partial charge in [0, 0.05) is 22.8 Å². The van der Waals surface area contributed by atoms with Crippen LogP contribution in [0.3, 0.4) is 0 Å². The Labute approximate surface area is 154 Å². The molecule has 0 aliphatic carbocycles. The van der Waals surface area contributed by atoms with E-state index < -0.39 is 10.9 Å². The molecule has 134 valence electrons. The highest BCUT2D eigenvalue weighted by molar-refractivity contribution is 6.11. The van der Waals surface area contributed by atoms with Gasteiger partial charge in [-0.2, -0.15) is 0 Å². The topological polar surface area (TPSA) is 91.0 Å². The minimum absolute atomic E-state index is 0.00242. The van der Waals surface area contributed by atoms with Crippen LogP contribution in [0.25, 0.3) is 6.08 Å². The summed E-state index contributed by atoms with van der Waals surface area (Å²) in [6, 6.07) is 12.1. The van der Waals surface area contributed by atoms with Crippen molar-refractivity contribution in [2.24, 2.45) is 4.99 Å². The maximum absolute atomic E-state index is 12.2. The maximum atomic E-state index is 12.2. The second kappa shape index (κ2) is 6.53. The summed E-state index contributed by atoms with van der Waals surface area (Å²) in [6.45, 7) is 1.95. The SMILES string of the molecule is Cc1cc(C2=NC(=CC3=Cc4ccccc4OC3)C(=O)O2)ccc1[N+](=O)[O-]. The van der Waals surface area contributed by atoms with E-state index in [9.17, 15) is 14.9 Å². The average Bonchev–Trinajstić information content (AvgIpc) is 3.02. The molecule has 0 aromatic heterocycles. The average molecular weight is 362 g/mol. The van der Waals surface area contributed by atoms with Crippen molar-refractivity contribution in [2.75, 3.05) is 6.61 Å². The van der Waals surface area contributed by atoms with E-state index in [4.69, 9.17) is 9.47 Å². The molecule has 2 aliphatic heterocycles. The number of hydrogen-bond acceptors (Lipinski definition) is 6. The first-order valence-corrected chi connectivity index (χ1v) is 8.21. The largest absolute Gasteiger partial charge is 0.488 e. The second-order valence-corrected chi connectivity index (χ2v) is 6.14. The van der Waals surface area contributed by atoms with Crippen molar-refractivity contribution >= 4 is 23.6 Å². The van der Waals surface area contributed by atoms with Gasteiger partial charge in [-0.15, -0.1) is 0 Å². The number of para-hydroxylation sites is 1. The van der Waals surface area contributed by atoms with Crippen molar-refractivity contribution in [1.82, 2.24) is 0 Å². The fourth-order valence-corrected chi connectivity index (χ4v) is 2.92. The standard InChI is InChI=1S/C20H14N2O5/c1-12-8-15(6-7-17(12)22(24)25)19-21-16(20(23)27-19)10-13-9-14-4-2-3-5-18(14)26-11-13/h2-10H,11H2,1H3. The molecule has 2 heterocycles. The van der Waals surface area contributed by atoms with E-state index in [0.29, 0.717) is 17.7 Å². The van der Waals surface area contributed by atoms with Crippen molar-refractivity contribution in [2.45, 2.75) is 6.92 Å². The first kappa shape index (κ1) is 16.7. The molecule has 0 radical (unpaired) electrons. The molecule has 0 atom stereocenters. The molecule has 7 nitrogen and oxygen atoms in total. The van der Waals surface area contributed by atoms with Crippen LogP contribution in [-0.4, -0.2) is 23.4 Å². The number of nitrogens with zero attached hydrogens (tertiary/aromatic N) is 2. The maximum Gasteiger partial charge on any atom is 0.363 e. The van der Waals surface area contributed by atoms with Gasteiger partial charge in [-0.3, -0.25) is 10.1 Å². The Bertz CT molecular complexity index is 1070. The molecule has 0 saturated carbocycles. The zero-order chi connectivity index (χ0) is 19.0. The molecule has 0 bridgehead atoms. The Morgan fingerprint density at radius 3 is 2.81 bits per heavy atom. The molecule has 2 aliphatic rings. The van der Waals surface area contributed by atoms with Gasteiger partial charge in [0.25, 0.3) is 5.69 Å². The van der Waals surface area contributed by atoms with E-state index in [-0.39, 0.29) is 17.3 Å². The molecule has 4 rings (SSSR count). The molecular weight excluding hydrogens is 348 g/mol. The highest BCUT2D eigenvalue weighted by Gasteiger charge is 2.26. The van der Waals surface area contributed by atoms with E-state index in [1.165, 1.54) is 12.1 Å². The van der Waals surface area contributed by atoms with E-state index >= 15 is 0 Å². The normalized spacial score (nSPS) is 16.9. The number of carbonyl (C=O) groups excluding carboxylic acids is 1. The van der Waals surface area contributed by atoms with Crippen LogP contribution in [0, 0.1) is 17.0 Å². The summed E-state index contributed by atoms with van der Waals surface area (Å²) < 4.78 is 10.9. The molecule has 0 amide bonds. The summed E-state index contributed by atoms with van der Waals surface area (Å²) in [5, 5.41) is 10.9. The number of esters is 1. The number of rotatable bonds is 3. The minimum Gasteiger partial charge on any atom is -0.488 e. The lowest BCUT2D eigenvalue weighted by Gasteiger charge is -2.15. The molecule has 0 unspecified atom stereocenters. The van der Waals surface area contributed by atoms with Gasteiger partial charge in [0.15, 0.2) is 5.70 Å². The Morgan fingerprint density at radius 2 is 2.04 bits per heavy atom. The number of nitro groups is 1. The number of aryl methyl sites for hydroxylation is 1. The molecule has 0 saturated heterocycles. The zero-order valence-corrected chi connectivity index (χ0v) is 14.3. The summed E-state index contributed by atoms with van der Waals surface area (Å²) in [7, 11) is 0. The van der Waals surface area contributed by atoms with Crippen LogP contribution in [0.1, 0.15) is 16.7 Å². The number of ether oxygens (including phenoxy) is 2. The van der Waals surface area contributed by atoms with Gasteiger partial charge in [0.05, 0.1) is 4.92 Å². The first-order valence-electron chi connectivity index (χ1n) is 8.21. The van der Waals surface area contributed by atoms with Gasteiger partial charge in [-0.25, -0.2) is 9.79 Å². The zero-order valence-electron chi connectivity index (χ0n) is 14.3. The molecule has 27 heavy (non-hydrogen) atoms. The number of aliphatic imine (C=N–C) groups is 1. The predicted octanol–water partition coefficient (Wildman–Crippen LogP) is 3.57. The number of nitro benzene ring substituents is 1. The molecule has 0 N–H and O–H groups in total. The van der Waals surface area contributed by atoms with Gasteiger partial charge in [-0.1, -0.05) is 18.2 Å². The van der Waals surface area contributed by atoms with Gasteiger partial charge < -0.3 is 9.47 Å². The van der Waals surface area contributed by atoms with E-state index in [2.05, 4.69) is 4.99 Å². The highest BCUT2D eigenvalue weighted by atomic mass is 16.6. The number of carbonyl (C=O) groups is 1. The van der Waals surface area contributed by atoms with Crippen LogP contribution in [0.5, 0.6) is 5.75 Å². The smallest absolute Gasteiger partial charge is 0.363 e. The lowest BCUT2D eigenvalue weighted by Crippen LogP contribution is -2.08. The van der Waals surface area contributed by atoms with E-state index in [0.717, 1.165) is 16.9 Å². The lowest BCUT2D eigenvalue weighted by molar-refractivity contribution is -0.385. The van der Waals surface area contributed by atoms with Crippen molar-refractivity contribution in [1.29, 1.82) is 0 Å². The Hall–Kier alpha value is -3.74. The number of fused-ring (bicyclic) bond motifs is 1. The Balaban J connectivity index is 1.64. The Morgan fingerprint density at radius 1 is 1.22 bits per heavy atom. The van der Waals surface area contributed by atoms with Crippen LogP contribution in [-0.2, 0) is 9.53 Å². The van der Waals surface area contributed by atoms with Gasteiger partial charge in [-0.05, 0) is 42.8 Å². The second-order valence-electron chi connectivity index (χ2n) is 6.14. The summed E-state index contributed by atoms with van der Waals surface area (Å²) in [5.41, 5.74) is 2.86. The molecule has 0 spiro atoms.